The Kier molecular flexibility index (Phi) is 45300. The normalized spacial score (nSPS) is 1.83. The molecule has 0 aromatic carbocycles. The molecule has 0 atom stereocenters. The Balaban J connectivity index is -0.000000000568. The van der Waals surface area contributed by atoms with E-state index in [0.717, 1.165) is 6.42 Å². The van der Waals surface area contributed by atoms with E-state index in [1.165, 1.54) is 19.3 Å². The van der Waals surface area contributed by atoms with Gasteiger partial charge in [0, 0.05) is 18.6 Å². The zero-order valence-electron chi connectivity index (χ0n) is 8.98. The van der Waals surface area contributed by atoms with Crippen molar-refractivity contribution in [2.75, 3.05) is 0 Å². The summed E-state index contributed by atoms with van der Waals surface area (Å²) in [5.41, 5.74) is 0. The summed E-state index contributed by atoms with van der Waals surface area (Å²) in [6.45, 7) is 13.9. The third-order valence-electron chi connectivity index (χ3n) is 0.707. The maximum atomic E-state index is 3.49. The van der Waals surface area contributed by atoms with Gasteiger partial charge >= 0.3 is 0 Å². The molecular weight excluding hydrogens is 471 g/mol. The van der Waals surface area contributed by atoms with Crippen LogP contribution in [-0.2, 0) is 18.6 Å². The van der Waals surface area contributed by atoms with Gasteiger partial charge in [0.15, 0.2) is 0 Å². The van der Waals surface area contributed by atoms with Crippen molar-refractivity contribution >= 4 is 0 Å². The van der Waals surface area contributed by atoms with E-state index in [1.54, 1.807) is 0 Å². The van der Waals surface area contributed by atoms with Crippen LogP contribution in [0.15, 0.2) is 0 Å². The Morgan fingerprint density at radius 2 is 0.361 bits per heavy atom. The van der Waals surface area contributed by atoms with Crippen LogP contribution < -0.4 is 0 Å². The van der Waals surface area contributed by atoms with Crippen LogP contribution in [-0.4, -0.2) is 0 Å². The second-order valence-corrected chi connectivity index (χ2v) is 1.85. The molecular formula is C35H125V-. The van der Waals surface area contributed by atoms with Gasteiger partial charge in [0.05, 0.1) is 0 Å². The van der Waals surface area contributed by atoms with Crippen molar-refractivity contribution in [2.45, 2.75) is 246 Å². The van der Waals surface area contributed by atoms with Gasteiger partial charge in [-0.3, -0.25) is 0 Å². The van der Waals surface area contributed by atoms with Crippen LogP contribution in [0.4, 0.5) is 0 Å². The molecule has 0 spiro atoms. The molecule has 36 heavy (non-hydrogen) atoms. The monoisotopic (exact) mass is 597 g/mol. The molecule has 0 aromatic rings. The molecule has 0 saturated carbocycles. The van der Waals surface area contributed by atoms with E-state index in [2.05, 4.69) is 20.8 Å². The van der Waals surface area contributed by atoms with Crippen LogP contribution >= 0.6 is 0 Å². The average Bonchev–Trinajstić information content (AvgIpc) is 1.96. The molecule has 0 amide bonds. The SMILES string of the molecule is C.C.C.C.C.C.C.C.C.C.C.C.C.C.C.C.C.C.C.C.C.C.C.C.C.CC.CCCCC.[CH2-]CC.[V]. The Morgan fingerprint density at radius 1 is 0.306 bits per heavy atom. The third-order valence-corrected chi connectivity index (χ3v) is 0.707. The van der Waals surface area contributed by atoms with Gasteiger partial charge in [-0.1, -0.05) is 240 Å². The Bertz CT molecular complexity index is 20.6. The van der Waals surface area contributed by atoms with Gasteiger partial charge in [0.1, 0.15) is 0 Å². The third kappa shape index (κ3) is 5840. The van der Waals surface area contributed by atoms with Crippen molar-refractivity contribution in [3.8, 4) is 0 Å². The van der Waals surface area contributed by atoms with Crippen LogP contribution in [0.5, 0.6) is 0 Å². The fourth-order valence-electron chi connectivity index (χ4n) is 0.354. The maximum Gasteiger partial charge on any atom is 0 e. The van der Waals surface area contributed by atoms with Crippen molar-refractivity contribution in [2.24, 2.45) is 0 Å². The molecule has 0 aliphatic carbocycles. The molecule has 1 heteroatoms. The summed E-state index contributed by atoms with van der Waals surface area (Å²) in [6.07, 6.45) is 5.08. The van der Waals surface area contributed by atoms with Crippen molar-refractivity contribution in [1.82, 2.24) is 0 Å². The van der Waals surface area contributed by atoms with Crippen LogP contribution in [0.25, 0.3) is 0 Å². The van der Waals surface area contributed by atoms with Gasteiger partial charge in [-0.05, 0) is 0 Å². The molecule has 0 aliphatic heterocycles. The number of hydrogen-bond acceptors (Lipinski definition) is 0. The van der Waals surface area contributed by atoms with Gasteiger partial charge < -0.3 is 6.92 Å². The minimum absolute atomic E-state index is 0. The first kappa shape index (κ1) is 805. The molecule has 0 aromatic heterocycles. The molecule has 0 nitrogen and oxygen atoms in total. The molecule has 0 fully saturated rings. The van der Waals surface area contributed by atoms with Gasteiger partial charge in [-0.15, -0.1) is 0 Å². The van der Waals surface area contributed by atoms with Gasteiger partial charge in [0.2, 0.25) is 0 Å². The van der Waals surface area contributed by atoms with E-state index in [1.807, 2.05) is 20.8 Å². The fraction of sp³-hybridized carbons (Fsp3) is 0.971. The zero-order valence-corrected chi connectivity index (χ0v) is 10.4. The predicted octanol–water partition coefficient (Wildman–Crippen LogP) is 20.4. The summed E-state index contributed by atoms with van der Waals surface area (Å²) in [4.78, 5) is 0. The van der Waals surface area contributed by atoms with Crippen molar-refractivity contribution in [3.63, 3.8) is 0 Å². The number of hydrogen-bond donors (Lipinski definition) is 0. The van der Waals surface area contributed by atoms with Gasteiger partial charge in [-0.2, -0.15) is 6.42 Å². The van der Waals surface area contributed by atoms with Crippen molar-refractivity contribution in [3.05, 3.63) is 6.92 Å². The van der Waals surface area contributed by atoms with Crippen LogP contribution in [0.1, 0.15) is 246 Å². The summed E-state index contributed by atoms with van der Waals surface area (Å²) in [5.74, 6) is 0. The Morgan fingerprint density at radius 3 is 0.361 bits per heavy atom. The van der Waals surface area contributed by atoms with Crippen LogP contribution in [0, 0.1) is 6.92 Å². The van der Waals surface area contributed by atoms with E-state index in [-0.39, 0.29) is 204 Å². The molecule has 0 saturated heterocycles. The average molecular weight is 597 g/mol. The maximum absolute atomic E-state index is 3.49. The van der Waals surface area contributed by atoms with E-state index in [4.69, 9.17) is 0 Å². The quantitative estimate of drug-likeness (QED) is 0.278. The second kappa shape index (κ2) is 2030. The van der Waals surface area contributed by atoms with Crippen molar-refractivity contribution in [1.29, 1.82) is 0 Å². The van der Waals surface area contributed by atoms with Gasteiger partial charge in [-0.25, -0.2) is 0 Å². The first-order valence-corrected chi connectivity index (χ1v) is 4.62. The Labute approximate surface area is 270 Å². The van der Waals surface area contributed by atoms with E-state index in [0.29, 0.717) is 0 Å². The predicted molar refractivity (Wildman–Crippen MR) is 220 cm³/mol. The summed E-state index contributed by atoms with van der Waals surface area (Å²) in [6, 6.07) is 0. The first-order chi connectivity index (χ1) is 4.83. The minimum Gasteiger partial charge on any atom is -0.344 e. The minimum atomic E-state index is 0. The van der Waals surface area contributed by atoms with Crippen LogP contribution in [0.2, 0.25) is 0 Å². The molecule has 0 aliphatic rings. The fourth-order valence-corrected chi connectivity index (χ4v) is 0.354. The smallest absolute Gasteiger partial charge is 0 e. The molecule has 271 valence electrons. The van der Waals surface area contributed by atoms with Crippen LogP contribution in [0.3, 0.4) is 0 Å². The number of unbranched alkanes of at least 4 members (excludes halogenated alkanes) is 2. The van der Waals surface area contributed by atoms with Gasteiger partial charge in [0.25, 0.3) is 0 Å². The van der Waals surface area contributed by atoms with Crippen molar-refractivity contribution < 1.29 is 18.6 Å². The molecule has 0 heterocycles. The summed E-state index contributed by atoms with van der Waals surface area (Å²) >= 11 is 0. The largest absolute Gasteiger partial charge is 0.344 e. The second-order valence-electron chi connectivity index (χ2n) is 1.85. The molecule has 1 radical (unpaired) electrons. The molecule has 0 rings (SSSR count). The summed E-state index contributed by atoms with van der Waals surface area (Å²) in [7, 11) is 0. The summed E-state index contributed by atoms with van der Waals surface area (Å²) in [5, 5.41) is 0. The molecule has 0 N–H and O–H groups in total. The van der Waals surface area contributed by atoms with E-state index >= 15 is 0 Å². The molecule has 0 bridgehead atoms. The Hall–Kier alpha value is 0.584. The standard InChI is InChI=1S/C5H12.C3H7.C2H6.25CH4.V/c1-3-5-4-2;1-3-2;1-2;;;;;;;;;;;;;;;;;;;;;;;;;;/h3-5H2,1-2H3;1,3H2,2H3;1-2H3;25*1H4;/q;-1;;;;;;;;;;;;;;;;;;;;;;;;;;;. The first-order valence-electron chi connectivity index (χ1n) is 4.62. The number of rotatable bonds is 2. The zero-order chi connectivity index (χ0) is 8.83. The topological polar surface area (TPSA) is 0 Å². The van der Waals surface area contributed by atoms with E-state index in [9.17, 15) is 0 Å². The summed E-state index contributed by atoms with van der Waals surface area (Å²) < 4.78 is 0. The molecule has 0 unspecified atom stereocenters. The van der Waals surface area contributed by atoms with E-state index < -0.39 is 0 Å².